The Morgan fingerprint density at radius 1 is 1.12 bits per heavy atom. The average Bonchev–Trinajstić information content (AvgIpc) is 3.02. The van der Waals surface area contributed by atoms with Crippen LogP contribution in [0.4, 0.5) is 0 Å². The standard InChI is InChI=1S/C19H17ClN2O3S/c1-11(12-8-9-14(24-2)15(10-12)25-3)21-22-19(23)18-17(20)13-6-4-5-7-16(13)26-18/h4-10H,1-3H3,(H,22,23). The SMILES string of the molecule is COc1ccc(C(C)=NNC(=O)c2sc3ccccc3c2Cl)cc1OC. The van der Waals surface area contributed by atoms with Crippen molar-refractivity contribution in [1.82, 2.24) is 5.43 Å². The minimum absolute atomic E-state index is 0.337. The van der Waals surface area contributed by atoms with Crippen LogP contribution in [0.5, 0.6) is 11.5 Å². The van der Waals surface area contributed by atoms with Gasteiger partial charge in [0.25, 0.3) is 5.91 Å². The largest absolute Gasteiger partial charge is 0.493 e. The van der Waals surface area contributed by atoms with Crippen molar-refractivity contribution in [3.63, 3.8) is 0 Å². The Balaban J connectivity index is 1.82. The lowest BCUT2D eigenvalue weighted by Gasteiger charge is -2.09. The second kappa shape index (κ2) is 7.76. The molecule has 3 aromatic rings. The molecule has 1 amide bonds. The van der Waals surface area contributed by atoms with Crippen LogP contribution in [0.1, 0.15) is 22.2 Å². The second-order valence-corrected chi connectivity index (χ2v) is 6.88. The molecule has 0 atom stereocenters. The first-order valence-corrected chi connectivity index (χ1v) is 8.98. The number of fused-ring (bicyclic) bond motifs is 1. The zero-order valence-corrected chi connectivity index (χ0v) is 16.1. The maximum atomic E-state index is 12.5. The molecule has 26 heavy (non-hydrogen) atoms. The topological polar surface area (TPSA) is 59.9 Å². The zero-order valence-electron chi connectivity index (χ0n) is 14.5. The molecule has 0 fully saturated rings. The predicted molar refractivity (Wildman–Crippen MR) is 106 cm³/mol. The number of amides is 1. The number of carbonyl (C=O) groups is 1. The molecule has 1 heterocycles. The molecule has 0 aliphatic rings. The summed E-state index contributed by atoms with van der Waals surface area (Å²) in [5, 5.41) is 5.49. The second-order valence-electron chi connectivity index (χ2n) is 5.45. The Hall–Kier alpha value is -2.57. The number of nitrogens with one attached hydrogen (secondary N) is 1. The Morgan fingerprint density at radius 2 is 1.85 bits per heavy atom. The van der Waals surface area contributed by atoms with Crippen LogP contribution < -0.4 is 14.9 Å². The van der Waals surface area contributed by atoms with E-state index < -0.39 is 0 Å². The van der Waals surface area contributed by atoms with Gasteiger partial charge in [0.2, 0.25) is 0 Å². The smallest absolute Gasteiger partial charge is 0.283 e. The molecule has 0 spiro atoms. The summed E-state index contributed by atoms with van der Waals surface area (Å²) >= 11 is 7.67. The molecule has 5 nitrogen and oxygen atoms in total. The van der Waals surface area contributed by atoms with E-state index >= 15 is 0 Å². The fourth-order valence-electron chi connectivity index (χ4n) is 2.47. The number of carbonyl (C=O) groups excluding carboxylic acids is 1. The van der Waals surface area contributed by atoms with Crippen molar-refractivity contribution in [3.8, 4) is 11.5 Å². The number of methoxy groups -OCH3 is 2. The molecule has 0 saturated carbocycles. The van der Waals surface area contributed by atoms with Crippen LogP contribution in [-0.4, -0.2) is 25.8 Å². The summed E-state index contributed by atoms with van der Waals surface area (Å²) in [6.45, 7) is 1.80. The summed E-state index contributed by atoms with van der Waals surface area (Å²) < 4.78 is 11.5. The maximum Gasteiger partial charge on any atom is 0.283 e. The molecule has 3 rings (SSSR count). The summed E-state index contributed by atoms with van der Waals surface area (Å²) in [5.74, 6) is 0.889. The van der Waals surface area contributed by atoms with Crippen molar-refractivity contribution in [2.24, 2.45) is 5.10 Å². The number of nitrogens with zero attached hydrogens (tertiary/aromatic N) is 1. The highest BCUT2D eigenvalue weighted by Crippen LogP contribution is 2.35. The Labute approximate surface area is 160 Å². The van der Waals surface area contributed by atoms with Gasteiger partial charge in [-0.05, 0) is 31.2 Å². The third-order valence-electron chi connectivity index (χ3n) is 3.87. The number of ether oxygens (including phenoxy) is 2. The van der Waals surface area contributed by atoms with Crippen molar-refractivity contribution in [3.05, 3.63) is 57.9 Å². The van der Waals surface area contributed by atoms with E-state index in [1.54, 1.807) is 33.3 Å². The van der Waals surface area contributed by atoms with E-state index in [1.165, 1.54) is 11.3 Å². The lowest BCUT2D eigenvalue weighted by atomic mass is 10.1. The molecule has 0 bridgehead atoms. The third-order valence-corrected chi connectivity index (χ3v) is 5.54. The molecular weight excluding hydrogens is 372 g/mol. The van der Waals surface area contributed by atoms with E-state index in [4.69, 9.17) is 21.1 Å². The molecule has 1 aromatic heterocycles. The van der Waals surface area contributed by atoms with Crippen LogP contribution in [0.25, 0.3) is 10.1 Å². The number of halogens is 1. The average molecular weight is 389 g/mol. The van der Waals surface area contributed by atoms with Crippen molar-refractivity contribution in [1.29, 1.82) is 0 Å². The molecule has 0 saturated heterocycles. The summed E-state index contributed by atoms with van der Waals surface area (Å²) in [6, 6.07) is 13.1. The van der Waals surface area contributed by atoms with Gasteiger partial charge in [-0.2, -0.15) is 5.10 Å². The van der Waals surface area contributed by atoms with Crippen LogP contribution in [0.3, 0.4) is 0 Å². The van der Waals surface area contributed by atoms with Gasteiger partial charge in [0.05, 0.1) is 25.0 Å². The van der Waals surface area contributed by atoms with Crippen molar-refractivity contribution in [2.75, 3.05) is 14.2 Å². The minimum Gasteiger partial charge on any atom is -0.493 e. The first kappa shape index (κ1) is 18.2. The summed E-state index contributed by atoms with van der Waals surface area (Å²) in [7, 11) is 3.15. The lowest BCUT2D eigenvalue weighted by Crippen LogP contribution is -2.18. The summed E-state index contributed by atoms with van der Waals surface area (Å²) in [4.78, 5) is 12.9. The molecule has 0 unspecified atom stereocenters. The first-order valence-electron chi connectivity index (χ1n) is 7.79. The van der Waals surface area contributed by atoms with E-state index in [0.29, 0.717) is 27.1 Å². The molecule has 2 aromatic carbocycles. The van der Waals surface area contributed by atoms with Crippen LogP contribution in [0.2, 0.25) is 5.02 Å². The molecule has 1 N–H and O–H groups in total. The van der Waals surface area contributed by atoms with Gasteiger partial charge in [0.15, 0.2) is 11.5 Å². The summed E-state index contributed by atoms with van der Waals surface area (Å²) in [6.07, 6.45) is 0. The molecule has 134 valence electrons. The Kier molecular flexibility index (Phi) is 5.44. The monoisotopic (exact) mass is 388 g/mol. The third kappa shape index (κ3) is 3.52. The zero-order chi connectivity index (χ0) is 18.7. The number of rotatable bonds is 5. The lowest BCUT2D eigenvalue weighted by molar-refractivity contribution is 0.0959. The van der Waals surface area contributed by atoms with E-state index in [-0.39, 0.29) is 5.91 Å². The molecule has 0 radical (unpaired) electrons. The molecular formula is C19H17ClN2O3S. The Morgan fingerprint density at radius 3 is 2.54 bits per heavy atom. The van der Waals surface area contributed by atoms with Crippen LogP contribution in [0, 0.1) is 0 Å². The van der Waals surface area contributed by atoms with Crippen LogP contribution in [-0.2, 0) is 0 Å². The van der Waals surface area contributed by atoms with E-state index in [1.807, 2.05) is 30.3 Å². The number of hydrogen-bond acceptors (Lipinski definition) is 5. The summed E-state index contributed by atoms with van der Waals surface area (Å²) in [5.41, 5.74) is 4.01. The van der Waals surface area contributed by atoms with Gasteiger partial charge in [-0.15, -0.1) is 11.3 Å². The van der Waals surface area contributed by atoms with Gasteiger partial charge < -0.3 is 9.47 Å². The highest BCUT2D eigenvalue weighted by molar-refractivity contribution is 7.21. The van der Waals surface area contributed by atoms with Crippen LogP contribution >= 0.6 is 22.9 Å². The fraction of sp³-hybridized carbons (Fsp3) is 0.158. The highest BCUT2D eigenvalue weighted by Gasteiger charge is 2.16. The minimum atomic E-state index is -0.337. The fourth-order valence-corrected chi connectivity index (χ4v) is 3.88. The van der Waals surface area contributed by atoms with Gasteiger partial charge in [0.1, 0.15) is 4.88 Å². The predicted octanol–water partition coefficient (Wildman–Crippen LogP) is 4.73. The number of hydrazone groups is 1. The van der Waals surface area contributed by atoms with Crippen molar-refractivity contribution >= 4 is 44.6 Å². The van der Waals surface area contributed by atoms with Crippen molar-refractivity contribution < 1.29 is 14.3 Å². The number of benzene rings is 2. The normalized spacial score (nSPS) is 11.5. The van der Waals surface area contributed by atoms with Gasteiger partial charge in [-0.25, -0.2) is 5.43 Å². The van der Waals surface area contributed by atoms with E-state index in [0.717, 1.165) is 15.6 Å². The van der Waals surface area contributed by atoms with E-state index in [2.05, 4.69) is 10.5 Å². The van der Waals surface area contributed by atoms with Crippen LogP contribution in [0.15, 0.2) is 47.6 Å². The van der Waals surface area contributed by atoms with Crippen molar-refractivity contribution in [2.45, 2.75) is 6.92 Å². The quantitative estimate of drug-likeness (QED) is 0.508. The molecule has 0 aliphatic heterocycles. The number of thiophene rings is 1. The van der Waals surface area contributed by atoms with Gasteiger partial charge in [0, 0.05) is 15.6 Å². The van der Waals surface area contributed by atoms with Gasteiger partial charge in [-0.3, -0.25) is 4.79 Å². The van der Waals surface area contributed by atoms with E-state index in [9.17, 15) is 4.79 Å². The van der Waals surface area contributed by atoms with Gasteiger partial charge in [-0.1, -0.05) is 29.8 Å². The first-order chi connectivity index (χ1) is 12.5. The molecule has 7 heteroatoms. The van der Waals surface area contributed by atoms with Gasteiger partial charge >= 0.3 is 0 Å². The highest BCUT2D eigenvalue weighted by atomic mass is 35.5. The maximum absolute atomic E-state index is 12.5. The Bertz CT molecular complexity index is 998. The molecule has 0 aliphatic carbocycles. The number of hydrogen-bond donors (Lipinski definition) is 1.